The minimum atomic E-state index is -0.782. The fourth-order valence-corrected chi connectivity index (χ4v) is 4.28. The quantitative estimate of drug-likeness (QED) is 0.103. The van der Waals surface area contributed by atoms with Crippen LogP contribution in [0, 0.1) is 0 Å². The third kappa shape index (κ3) is 9.79. The standard InChI is InChI=1S/C30H37N7O3/c31-29(32)34-18-7-12-25(27(38)36-20-22-15-13-21(14-16-22)17-19-35-30(33)40)37-28(39)26(23-8-3-1-4-9-23)24-10-5-2-6-11-24/h1-6,8-11,13-16,25-26H,7,12,17-20H2,(H,36,38)(H,37,39)(H4,31,32,34)(H3,33,35,40)/t25-/m1/s1. The van der Waals surface area contributed by atoms with E-state index in [0.29, 0.717) is 38.9 Å². The molecule has 4 amide bonds. The second-order valence-electron chi connectivity index (χ2n) is 9.34. The largest absolute Gasteiger partial charge is 0.370 e. The number of guanidine groups is 1. The molecule has 210 valence electrons. The lowest BCUT2D eigenvalue weighted by Crippen LogP contribution is -2.48. The fraction of sp³-hybridized carbons (Fsp3) is 0.267. The van der Waals surface area contributed by atoms with Gasteiger partial charge in [0.1, 0.15) is 6.04 Å². The zero-order valence-corrected chi connectivity index (χ0v) is 22.4. The highest BCUT2D eigenvalue weighted by atomic mass is 16.2. The lowest BCUT2D eigenvalue weighted by Gasteiger charge is -2.23. The fourth-order valence-electron chi connectivity index (χ4n) is 4.28. The molecule has 0 spiro atoms. The Kier molecular flexibility index (Phi) is 11.5. The number of hydrogen-bond donors (Lipinski definition) is 6. The van der Waals surface area contributed by atoms with Gasteiger partial charge >= 0.3 is 6.03 Å². The summed E-state index contributed by atoms with van der Waals surface area (Å²) in [5, 5.41) is 8.47. The van der Waals surface area contributed by atoms with Gasteiger partial charge in [0.2, 0.25) is 11.8 Å². The molecule has 3 aromatic carbocycles. The number of hydrogen-bond acceptors (Lipinski definition) is 4. The number of nitrogens with one attached hydrogen (secondary N) is 3. The molecule has 0 radical (unpaired) electrons. The molecular formula is C30H37N7O3. The number of benzene rings is 3. The number of nitrogens with two attached hydrogens (primary N) is 3. The van der Waals surface area contributed by atoms with Gasteiger partial charge in [-0.25, -0.2) is 4.79 Å². The van der Waals surface area contributed by atoms with Gasteiger partial charge in [-0.3, -0.25) is 14.6 Å². The summed E-state index contributed by atoms with van der Waals surface area (Å²) in [7, 11) is 0. The maximum absolute atomic E-state index is 13.6. The molecule has 0 saturated heterocycles. The van der Waals surface area contributed by atoms with Crippen LogP contribution in [0.2, 0.25) is 0 Å². The Labute approximate surface area is 234 Å². The summed E-state index contributed by atoms with van der Waals surface area (Å²) in [5.41, 5.74) is 19.6. The minimum absolute atomic E-state index is 0.0212. The number of amides is 4. The Morgan fingerprint density at radius 2 is 1.30 bits per heavy atom. The van der Waals surface area contributed by atoms with Crippen molar-refractivity contribution >= 4 is 23.8 Å². The van der Waals surface area contributed by atoms with E-state index >= 15 is 0 Å². The van der Waals surface area contributed by atoms with Crippen LogP contribution in [0.15, 0.2) is 89.9 Å². The van der Waals surface area contributed by atoms with Crippen LogP contribution in [0.5, 0.6) is 0 Å². The Hall–Kier alpha value is -4.86. The van der Waals surface area contributed by atoms with Crippen molar-refractivity contribution in [3.63, 3.8) is 0 Å². The summed E-state index contributed by atoms with van der Waals surface area (Å²) in [6, 6.07) is 25.3. The van der Waals surface area contributed by atoms with Crippen molar-refractivity contribution in [2.45, 2.75) is 37.8 Å². The highest BCUT2D eigenvalue weighted by Gasteiger charge is 2.27. The van der Waals surface area contributed by atoms with Gasteiger partial charge < -0.3 is 33.2 Å². The molecule has 0 aliphatic carbocycles. The Morgan fingerprint density at radius 3 is 1.85 bits per heavy atom. The van der Waals surface area contributed by atoms with E-state index in [1.165, 1.54) is 0 Å². The zero-order valence-electron chi connectivity index (χ0n) is 22.4. The molecule has 10 nitrogen and oxygen atoms in total. The maximum atomic E-state index is 13.6. The second kappa shape index (κ2) is 15.5. The third-order valence-electron chi connectivity index (χ3n) is 6.31. The smallest absolute Gasteiger partial charge is 0.312 e. The van der Waals surface area contributed by atoms with Crippen LogP contribution in [-0.4, -0.2) is 42.9 Å². The van der Waals surface area contributed by atoms with Crippen LogP contribution in [0.3, 0.4) is 0 Å². The number of urea groups is 1. The van der Waals surface area contributed by atoms with Crippen molar-refractivity contribution in [2.75, 3.05) is 13.1 Å². The van der Waals surface area contributed by atoms with E-state index in [-0.39, 0.29) is 17.8 Å². The molecule has 0 bridgehead atoms. The molecule has 0 aliphatic rings. The van der Waals surface area contributed by atoms with Gasteiger partial charge in [-0.05, 0) is 41.5 Å². The first-order chi connectivity index (χ1) is 19.3. The van der Waals surface area contributed by atoms with Crippen molar-refractivity contribution in [3.05, 3.63) is 107 Å². The molecule has 0 aromatic heterocycles. The summed E-state index contributed by atoms with van der Waals surface area (Å²) in [4.78, 5) is 41.8. The Balaban J connectivity index is 1.69. The highest BCUT2D eigenvalue weighted by molar-refractivity contribution is 5.92. The van der Waals surface area contributed by atoms with Crippen LogP contribution in [0.4, 0.5) is 4.79 Å². The molecule has 0 saturated carbocycles. The first kappa shape index (κ1) is 29.7. The summed E-state index contributed by atoms with van der Waals surface area (Å²) < 4.78 is 0. The van der Waals surface area contributed by atoms with E-state index in [2.05, 4.69) is 20.9 Å². The van der Waals surface area contributed by atoms with Crippen LogP contribution in [0.1, 0.15) is 41.0 Å². The van der Waals surface area contributed by atoms with E-state index < -0.39 is 18.0 Å². The predicted molar refractivity (Wildman–Crippen MR) is 156 cm³/mol. The van der Waals surface area contributed by atoms with Crippen molar-refractivity contribution in [1.82, 2.24) is 16.0 Å². The Morgan fingerprint density at radius 1 is 0.725 bits per heavy atom. The second-order valence-corrected chi connectivity index (χ2v) is 9.34. The molecule has 9 N–H and O–H groups in total. The first-order valence-corrected chi connectivity index (χ1v) is 13.2. The minimum Gasteiger partial charge on any atom is -0.370 e. The molecule has 3 rings (SSSR count). The number of aliphatic imine (C=N–C) groups is 1. The van der Waals surface area contributed by atoms with Crippen LogP contribution in [0.25, 0.3) is 0 Å². The number of nitrogens with zero attached hydrogens (tertiary/aromatic N) is 1. The Bertz CT molecular complexity index is 1220. The summed E-state index contributed by atoms with van der Waals surface area (Å²) >= 11 is 0. The van der Waals surface area contributed by atoms with Crippen molar-refractivity contribution < 1.29 is 14.4 Å². The monoisotopic (exact) mass is 543 g/mol. The van der Waals surface area contributed by atoms with Gasteiger partial charge in [0.25, 0.3) is 0 Å². The third-order valence-corrected chi connectivity index (χ3v) is 6.31. The zero-order chi connectivity index (χ0) is 28.7. The average molecular weight is 544 g/mol. The number of carbonyl (C=O) groups is 3. The van der Waals surface area contributed by atoms with Gasteiger partial charge in [0.15, 0.2) is 5.96 Å². The summed E-state index contributed by atoms with van der Waals surface area (Å²) in [5.74, 6) is -1.17. The van der Waals surface area contributed by atoms with Crippen LogP contribution in [-0.2, 0) is 22.6 Å². The van der Waals surface area contributed by atoms with E-state index in [9.17, 15) is 14.4 Å². The van der Waals surface area contributed by atoms with Gasteiger partial charge in [0.05, 0.1) is 5.92 Å². The van der Waals surface area contributed by atoms with Gasteiger partial charge in [-0.1, -0.05) is 84.9 Å². The molecule has 0 heterocycles. The van der Waals surface area contributed by atoms with Gasteiger partial charge in [-0.15, -0.1) is 0 Å². The topological polar surface area (TPSA) is 178 Å². The highest BCUT2D eigenvalue weighted by Crippen LogP contribution is 2.25. The normalized spacial score (nSPS) is 11.3. The molecule has 40 heavy (non-hydrogen) atoms. The molecule has 3 aromatic rings. The SMILES string of the molecule is NC(=O)NCCc1ccc(CNC(=O)[C@@H](CCCN=C(N)N)NC(=O)C(c2ccccc2)c2ccccc2)cc1. The molecule has 0 aliphatic heterocycles. The molecule has 1 atom stereocenters. The average Bonchev–Trinajstić information content (AvgIpc) is 2.95. The first-order valence-electron chi connectivity index (χ1n) is 13.2. The summed E-state index contributed by atoms with van der Waals surface area (Å²) in [6.07, 6.45) is 1.51. The lowest BCUT2D eigenvalue weighted by atomic mass is 9.90. The predicted octanol–water partition coefficient (Wildman–Crippen LogP) is 1.88. The van der Waals surface area contributed by atoms with E-state index in [0.717, 1.165) is 22.3 Å². The number of rotatable bonds is 14. The maximum Gasteiger partial charge on any atom is 0.312 e. The van der Waals surface area contributed by atoms with Crippen molar-refractivity contribution in [3.8, 4) is 0 Å². The van der Waals surface area contributed by atoms with Gasteiger partial charge in [0, 0.05) is 19.6 Å². The van der Waals surface area contributed by atoms with E-state index in [1.807, 2.05) is 84.9 Å². The number of carbonyl (C=O) groups excluding carboxylic acids is 3. The van der Waals surface area contributed by atoms with Crippen molar-refractivity contribution in [1.29, 1.82) is 0 Å². The lowest BCUT2D eigenvalue weighted by molar-refractivity contribution is -0.129. The number of primary amides is 1. The van der Waals surface area contributed by atoms with E-state index in [4.69, 9.17) is 17.2 Å². The summed E-state index contributed by atoms with van der Waals surface area (Å²) in [6.45, 7) is 1.08. The van der Waals surface area contributed by atoms with E-state index in [1.54, 1.807) is 0 Å². The van der Waals surface area contributed by atoms with Gasteiger partial charge in [-0.2, -0.15) is 0 Å². The molecule has 10 heteroatoms. The van der Waals surface area contributed by atoms with Crippen LogP contribution < -0.4 is 33.2 Å². The van der Waals surface area contributed by atoms with Crippen molar-refractivity contribution in [2.24, 2.45) is 22.2 Å². The van der Waals surface area contributed by atoms with Crippen LogP contribution >= 0.6 is 0 Å². The molecule has 0 fully saturated rings. The molecule has 0 unspecified atom stereocenters. The molecular weight excluding hydrogens is 506 g/mol.